The number of hydrogen-bond acceptors (Lipinski definition) is 6. The van der Waals surface area contributed by atoms with Gasteiger partial charge in [0, 0.05) is 33.1 Å². The lowest BCUT2D eigenvalue weighted by Gasteiger charge is -2.22. The molecular weight excluding hydrogens is 572 g/mol. The van der Waals surface area contributed by atoms with Crippen molar-refractivity contribution in [2.45, 2.75) is 44.6 Å². The zero-order chi connectivity index (χ0) is 26.6. The lowest BCUT2D eigenvalue weighted by molar-refractivity contribution is -0.384. The van der Waals surface area contributed by atoms with Gasteiger partial charge in [-0.05, 0) is 66.9 Å². The summed E-state index contributed by atoms with van der Waals surface area (Å²) in [4.78, 5) is 28.9. The number of rotatable bonds is 7. The number of hydrogen-bond donors (Lipinski definition) is 0. The molecule has 1 saturated carbocycles. The van der Waals surface area contributed by atoms with Gasteiger partial charge >= 0.3 is 0 Å². The maximum Gasteiger partial charge on any atom is 0.282 e. The lowest BCUT2D eigenvalue weighted by atomic mass is 9.88. The van der Waals surface area contributed by atoms with Gasteiger partial charge in [0.1, 0.15) is 18.2 Å². The standard InChI is InChI=1S/C28H24BrClN4O4/c29-21-8-12-25-24(15-21)28(35)33(27(32-25)19-4-2-1-3-5-19)31-16-20-14-22(30)9-13-26(20)38-17-18-6-10-23(11-7-18)34(36)37/h6-16,19H,1-5,17H2. The molecule has 10 heteroatoms. The minimum atomic E-state index is -0.442. The average molecular weight is 596 g/mol. The highest BCUT2D eigenvalue weighted by molar-refractivity contribution is 9.10. The molecule has 38 heavy (non-hydrogen) atoms. The fraction of sp³-hybridized carbons (Fsp3) is 0.250. The van der Waals surface area contributed by atoms with E-state index in [4.69, 9.17) is 21.3 Å². The van der Waals surface area contributed by atoms with Crippen molar-refractivity contribution in [3.05, 3.63) is 108 Å². The predicted octanol–water partition coefficient (Wildman–Crippen LogP) is 7.23. The van der Waals surface area contributed by atoms with E-state index < -0.39 is 4.92 Å². The molecule has 0 aliphatic heterocycles. The number of non-ortho nitro benzene ring substituents is 1. The Bertz CT molecular complexity index is 1580. The number of halogens is 2. The van der Waals surface area contributed by atoms with Crippen molar-refractivity contribution < 1.29 is 9.66 Å². The summed E-state index contributed by atoms with van der Waals surface area (Å²) in [6, 6.07) is 16.8. The Morgan fingerprint density at radius 3 is 2.61 bits per heavy atom. The second kappa shape index (κ2) is 11.4. The zero-order valence-electron chi connectivity index (χ0n) is 20.3. The third-order valence-corrected chi connectivity index (χ3v) is 7.36. The second-order valence-corrected chi connectivity index (χ2v) is 10.6. The smallest absolute Gasteiger partial charge is 0.282 e. The summed E-state index contributed by atoms with van der Waals surface area (Å²) in [5.74, 6) is 1.33. The molecule has 1 heterocycles. The van der Waals surface area contributed by atoms with Gasteiger partial charge in [-0.3, -0.25) is 14.9 Å². The zero-order valence-corrected chi connectivity index (χ0v) is 22.7. The number of nitro groups is 1. The number of nitro benzene ring substituents is 1. The molecule has 1 aliphatic carbocycles. The van der Waals surface area contributed by atoms with Crippen molar-refractivity contribution >= 4 is 50.3 Å². The SMILES string of the molecule is O=c1c2cc(Br)ccc2nc(C2CCCCC2)n1N=Cc1cc(Cl)ccc1OCc1ccc([N+](=O)[O-])cc1. The van der Waals surface area contributed by atoms with Crippen LogP contribution in [-0.2, 0) is 6.61 Å². The molecule has 0 spiro atoms. The van der Waals surface area contributed by atoms with Crippen LogP contribution in [0.3, 0.4) is 0 Å². The maximum atomic E-state index is 13.6. The molecule has 3 aromatic carbocycles. The van der Waals surface area contributed by atoms with Crippen molar-refractivity contribution in [2.24, 2.45) is 5.10 Å². The summed E-state index contributed by atoms with van der Waals surface area (Å²) < 4.78 is 8.20. The normalized spacial score (nSPS) is 14.3. The van der Waals surface area contributed by atoms with Gasteiger partial charge in [-0.25, -0.2) is 4.98 Å². The fourth-order valence-corrected chi connectivity index (χ4v) is 5.19. The first-order valence-corrected chi connectivity index (χ1v) is 13.5. The van der Waals surface area contributed by atoms with Crippen molar-refractivity contribution in [3.8, 4) is 5.75 Å². The number of ether oxygens (including phenoxy) is 1. The molecule has 4 aromatic rings. The summed E-state index contributed by atoms with van der Waals surface area (Å²) in [5.41, 5.74) is 1.80. The number of benzene rings is 3. The van der Waals surface area contributed by atoms with Crippen LogP contribution in [0.1, 0.15) is 55.0 Å². The van der Waals surface area contributed by atoms with Crippen molar-refractivity contribution in [1.82, 2.24) is 9.66 Å². The average Bonchev–Trinajstić information content (AvgIpc) is 2.93. The Kier molecular flexibility index (Phi) is 7.85. The topological polar surface area (TPSA) is 99.6 Å². The van der Waals surface area contributed by atoms with E-state index in [1.807, 2.05) is 12.1 Å². The van der Waals surface area contributed by atoms with E-state index in [1.165, 1.54) is 23.2 Å². The summed E-state index contributed by atoms with van der Waals surface area (Å²) in [6.07, 6.45) is 6.86. The Morgan fingerprint density at radius 1 is 1.11 bits per heavy atom. The summed E-state index contributed by atoms with van der Waals surface area (Å²) in [7, 11) is 0. The highest BCUT2D eigenvalue weighted by Crippen LogP contribution is 2.32. The van der Waals surface area contributed by atoms with Gasteiger partial charge in [-0.2, -0.15) is 9.78 Å². The van der Waals surface area contributed by atoms with Gasteiger partial charge in [0.15, 0.2) is 0 Å². The maximum absolute atomic E-state index is 13.6. The number of fused-ring (bicyclic) bond motifs is 1. The molecular formula is C28H24BrClN4O4. The van der Waals surface area contributed by atoms with Crippen LogP contribution in [0.25, 0.3) is 10.9 Å². The fourth-order valence-electron chi connectivity index (χ4n) is 4.65. The van der Waals surface area contributed by atoms with E-state index >= 15 is 0 Å². The second-order valence-electron chi connectivity index (χ2n) is 9.22. The summed E-state index contributed by atoms with van der Waals surface area (Å²) >= 11 is 9.72. The molecule has 1 fully saturated rings. The highest BCUT2D eigenvalue weighted by atomic mass is 79.9. The van der Waals surface area contributed by atoms with Crippen molar-refractivity contribution in [1.29, 1.82) is 0 Å². The van der Waals surface area contributed by atoms with Gasteiger partial charge < -0.3 is 4.74 Å². The van der Waals surface area contributed by atoms with E-state index in [0.29, 0.717) is 33.1 Å². The monoisotopic (exact) mass is 594 g/mol. The highest BCUT2D eigenvalue weighted by Gasteiger charge is 2.22. The van der Waals surface area contributed by atoms with E-state index in [0.717, 1.165) is 35.7 Å². The predicted molar refractivity (Wildman–Crippen MR) is 151 cm³/mol. The molecule has 8 nitrogen and oxygen atoms in total. The summed E-state index contributed by atoms with van der Waals surface area (Å²) in [6.45, 7) is 0.194. The van der Waals surface area contributed by atoms with Crippen LogP contribution in [0.5, 0.6) is 5.75 Å². The first-order chi connectivity index (χ1) is 18.4. The Morgan fingerprint density at radius 2 is 1.87 bits per heavy atom. The molecule has 0 atom stereocenters. The largest absolute Gasteiger partial charge is 0.488 e. The van der Waals surface area contributed by atoms with Crippen LogP contribution >= 0.6 is 27.5 Å². The lowest BCUT2D eigenvalue weighted by Crippen LogP contribution is -2.25. The minimum Gasteiger partial charge on any atom is -0.488 e. The van der Waals surface area contributed by atoms with Crippen LogP contribution < -0.4 is 10.3 Å². The first kappa shape index (κ1) is 26.1. The van der Waals surface area contributed by atoms with Crippen LogP contribution in [-0.4, -0.2) is 20.8 Å². The van der Waals surface area contributed by atoms with Crippen molar-refractivity contribution in [3.63, 3.8) is 0 Å². The minimum absolute atomic E-state index is 0.0169. The summed E-state index contributed by atoms with van der Waals surface area (Å²) in [5, 5.41) is 16.5. The molecule has 1 aliphatic rings. The Balaban J connectivity index is 1.49. The van der Waals surface area contributed by atoms with Crippen LogP contribution in [0.15, 0.2) is 75.0 Å². The van der Waals surface area contributed by atoms with E-state index in [9.17, 15) is 14.9 Å². The van der Waals surface area contributed by atoms with Crippen LogP contribution in [0.2, 0.25) is 5.02 Å². The van der Waals surface area contributed by atoms with E-state index in [1.54, 1.807) is 42.6 Å². The third-order valence-electron chi connectivity index (χ3n) is 6.63. The Labute approximate surface area is 232 Å². The Hall–Kier alpha value is -3.56. The molecule has 0 unspecified atom stereocenters. The first-order valence-electron chi connectivity index (χ1n) is 12.3. The molecule has 0 radical (unpaired) electrons. The van der Waals surface area contributed by atoms with Gasteiger partial charge in [0.25, 0.3) is 11.2 Å². The molecule has 0 amide bonds. The molecule has 0 N–H and O–H groups in total. The quantitative estimate of drug-likeness (QED) is 0.127. The van der Waals surface area contributed by atoms with Crippen molar-refractivity contribution in [2.75, 3.05) is 0 Å². The van der Waals surface area contributed by atoms with Gasteiger partial charge in [-0.1, -0.05) is 46.8 Å². The molecule has 0 saturated heterocycles. The van der Waals surface area contributed by atoms with E-state index in [-0.39, 0.29) is 23.8 Å². The van der Waals surface area contributed by atoms with Crippen LogP contribution in [0, 0.1) is 10.1 Å². The number of nitrogens with zero attached hydrogens (tertiary/aromatic N) is 4. The molecule has 1 aromatic heterocycles. The van der Waals surface area contributed by atoms with Crippen LogP contribution in [0.4, 0.5) is 5.69 Å². The molecule has 5 rings (SSSR count). The molecule has 0 bridgehead atoms. The molecule has 194 valence electrons. The van der Waals surface area contributed by atoms with Gasteiger partial charge in [-0.15, -0.1) is 0 Å². The van der Waals surface area contributed by atoms with Gasteiger partial charge in [0.05, 0.1) is 22.0 Å². The number of aromatic nitrogens is 2. The third kappa shape index (κ3) is 5.79. The van der Waals surface area contributed by atoms with Gasteiger partial charge in [0.2, 0.25) is 0 Å². The van der Waals surface area contributed by atoms with E-state index in [2.05, 4.69) is 21.0 Å².